The van der Waals surface area contributed by atoms with Crippen LogP contribution in [0.3, 0.4) is 0 Å². The zero-order chi connectivity index (χ0) is 23.4. The lowest BCUT2D eigenvalue weighted by atomic mass is 10.1. The molecule has 0 spiro atoms. The summed E-state index contributed by atoms with van der Waals surface area (Å²) in [5.41, 5.74) is 2.17. The van der Waals surface area contributed by atoms with Crippen LogP contribution in [0.1, 0.15) is 23.6 Å². The Bertz CT molecular complexity index is 1270. The van der Waals surface area contributed by atoms with E-state index in [2.05, 4.69) is 4.99 Å². The fourth-order valence-electron chi connectivity index (χ4n) is 3.15. The molecular formula is C25H18Cl3NO4. The molecule has 5 nitrogen and oxygen atoms in total. The molecule has 0 unspecified atom stereocenters. The number of carbonyl (C=O) groups is 1. The average Bonchev–Trinajstić information content (AvgIpc) is 3.15. The molecule has 0 amide bonds. The summed E-state index contributed by atoms with van der Waals surface area (Å²) in [6.07, 6.45) is 1.58. The Morgan fingerprint density at radius 1 is 0.970 bits per heavy atom. The highest BCUT2D eigenvalue weighted by molar-refractivity contribution is 6.32. The normalized spacial score (nSPS) is 14.2. The van der Waals surface area contributed by atoms with Gasteiger partial charge in [0.05, 0.1) is 11.6 Å². The third-order valence-electron chi connectivity index (χ3n) is 4.66. The number of nitrogens with zero attached hydrogens (tertiary/aromatic N) is 1. The third-order valence-corrected chi connectivity index (χ3v) is 5.54. The summed E-state index contributed by atoms with van der Waals surface area (Å²) in [6.45, 7) is 2.48. The van der Waals surface area contributed by atoms with Gasteiger partial charge in [-0.25, -0.2) is 9.79 Å². The maximum Gasteiger partial charge on any atom is 0.363 e. The molecule has 8 heteroatoms. The van der Waals surface area contributed by atoms with Gasteiger partial charge in [-0.1, -0.05) is 59.1 Å². The lowest BCUT2D eigenvalue weighted by Gasteiger charge is -2.15. The predicted molar refractivity (Wildman–Crippen MR) is 130 cm³/mol. The van der Waals surface area contributed by atoms with Gasteiger partial charge in [-0.2, -0.15) is 0 Å². The van der Waals surface area contributed by atoms with Crippen molar-refractivity contribution in [2.24, 2.45) is 4.99 Å². The van der Waals surface area contributed by atoms with E-state index < -0.39 is 5.97 Å². The van der Waals surface area contributed by atoms with Gasteiger partial charge in [-0.05, 0) is 55.0 Å². The van der Waals surface area contributed by atoms with Crippen LogP contribution in [0.4, 0.5) is 0 Å². The number of aliphatic imine (C=N–C) groups is 1. The summed E-state index contributed by atoms with van der Waals surface area (Å²) < 4.78 is 17.0. The number of rotatable bonds is 7. The number of esters is 1. The first kappa shape index (κ1) is 23.2. The third kappa shape index (κ3) is 5.50. The van der Waals surface area contributed by atoms with Crippen molar-refractivity contribution in [2.45, 2.75) is 13.5 Å². The van der Waals surface area contributed by atoms with Crippen LogP contribution in [0.5, 0.6) is 11.5 Å². The van der Waals surface area contributed by atoms with Crippen LogP contribution in [-0.4, -0.2) is 18.5 Å². The SMILES string of the molecule is CCOc1cc(/C=C2/N=C(c3cccc(Cl)c3)OC2=O)cc(Cl)c1OCc1ccccc1Cl. The van der Waals surface area contributed by atoms with Crippen LogP contribution in [0, 0.1) is 0 Å². The van der Waals surface area contributed by atoms with Crippen molar-refractivity contribution in [1.29, 1.82) is 0 Å². The van der Waals surface area contributed by atoms with Gasteiger partial charge in [-0.3, -0.25) is 0 Å². The Hall–Kier alpha value is -2.99. The second kappa shape index (κ2) is 10.3. The highest BCUT2D eigenvalue weighted by Gasteiger charge is 2.25. The summed E-state index contributed by atoms with van der Waals surface area (Å²) in [4.78, 5) is 16.7. The minimum absolute atomic E-state index is 0.133. The Labute approximate surface area is 206 Å². The first-order chi connectivity index (χ1) is 15.9. The van der Waals surface area contributed by atoms with Gasteiger partial charge in [0.25, 0.3) is 0 Å². The van der Waals surface area contributed by atoms with E-state index in [9.17, 15) is 4.79 Å². The van der Waals surface area contributed by atoms with Crippen molar-refractivity contribution in [3.8, 4) is 11.5 Å². The molecule has 1 heterocycles. The zero-order valence-electron chi connectivity index (χ0n) is 17.5. The number of cyclic esters (lactones) is 1. The van der Waals surface area contributed by atoms with Gasteiger partial charge >= 0.3 is 5.97 Å². The lowest BCUT2D eigenvalue weighted by Crippen LogP contribution is -2.05. The van der Waals surface area contributed by atoms with Gasteiger partial charge < -0.3 is 14.2 Å². The number of carbonyl (C=O) groups excluding carboxylic acids is 1. The molecule has 0 aromatic heterocycles. The zero-order valence-corrected chi connectivity index (χ0v) is 19.7. The fraction of sp³-hybridized carbons (Fsp3) is 0.120. The summed E-state index contributed by atoms with van der Waals surface area (Å²) in [7, 11) is 0. The van der Waals surface area contributed by atoms with Gasteiger partial charge in [-0.15, -0.1) is 0 Å². The molecule has 3 aromatic carbocycles. The van der Waals surface area contributed by atoms with Crippen LogP contribution in [-0.2, 0) is 16.1 Å². The highest BCUT2D eigenvalue weighted by atomic mass is 35.5. The smallest absolute Gasteiger partial charge is 0.363 e. The molecule has 0 saturated heterocycles. The minimum atomic E-state index is -0.571. The van der Waals surface area contributed by atoms with Crippen molar-refractivity contribution >= 4 is 52.7 Å². The van der Waals surface area contributed by atoms with Crippen molar-refractivity contribution < 1.29 is 19.0 Å². The number of hydrogen-bond acceptors (Lipinski definition) is 5. The largest absolute Gasteiger partial charge is 0.490 e. The molecule has 0 aliphatic carbocycles. The molecule has 3 aromatic rings. The van der Waals surface area contributed by atoms with E-state index in [1.54, 1.807) is 48.5 Å². The maximum absolute atomic E-state index is 12.4. The Balaban J connectivity index is 1.62. The van der Waals surface area contributed by atoms with Gasteiger partial charge in [0.2, 0.25) is 5.90 Å². The predicted octanol–water partition coefficient (Wildman–Crippen LogP) is 6.97. The minimum Gasteiger partial charge on any atom is -0.490 e. The first-order valence-electron chi connectivity index (χ1n) is 10.1. The van der Waals surface area contributed by atoms with Gasteiger partial charge in [0.1, 0.15) is 6.61 Å². The number of hydrogen-bond donors (Lipinski definition) is 0. The monoisotopic (exact) mass is 501 g/mol. The highest BCUT2D eigenvalue weighted by Crippen LogP contribution is 2.38. The molecule has 168 valence electrons. The van der Waals surface area contributed by atoms with Crippen LogP contribution >= 0.6 is 34.8 Å². The lowest BCUT2D eigenvalue weighted by molar-refractivity contribution is -0.129. The van der Waals surface area contributed by atoms with Crippen molar-refractivity contribution in [2.75, 3.05) is 6.61 Å². The molecule has 1 aliphatic rings. The summed E-state index contributed by atoms with van der Waals surface area (Å²) in [6, 6.07) is 17.7. The van der Waals surface area contributed by atoms with Crippen LogP contribution < -0.4 is 9.47 Å². The summed E-state index contributed by atoms with van der Waals surface area (Å²) >= 11 is 18.7. The molecule has 0 radical (unpaired) electrons. The Morgan fingerprint density at radius 2 is 1.79 bits per heavy atom. The summed E-state index contributed by atoms with van der Waals surface area (Å²) in [5, 5.41) is 1.44. The number of ether oxygens (including phenoxy) is 3. The topological polar surface area (TPSA) is 57.1 Å². The molecule has 0 atom stereocenters. The van der Waals surface area contributed by atoms with Crippen molar-refractivity contribution in [3.05, 3.63) is 98.1 Å². The van der Waals surface area contributed by atoms with E-state index in [4.69, 9.17) is 49.0 Å². The van der Waals surface area contributed by atoms with E-state index in [-0.39, 0.29) is 18.2 Å². The molecule has 0 saturated carbocycles. The average molecular weight is 503 g/mol. The molecule has 0 fully saturated rings. The van der Waals surface area contributed by atoms with E-state index in [0.29, 0.717) is 44.3 Å². The maximum atomic E-state index is 12.4. The molecule has 33 heavy (non-hydrogen) atoms. The second-order valence-corrected chi connectivity index (χ2v) is 8.24. The van der Waals surface area contributed by atoms with Crippen LogP contribution in [0.2, 0.25) is 15.1 Å². The molecule has 0 bridgehead atoms. The molecule has 4 rings (SSSR count). The van der Waals surface area contributed by atoms with Crippen molar-refractivity contribution in [1.82, 2.24) is 0 Å². The molecule has 1 aliphatic heterocycles. The van der Waals surface area contributed by atoms with Crippen LogP contribution in [0.25, 0.3) is 6.08 Å². The molecular weight excluding hydrogens is 485 g/mol. The number of benzene rings is 3. The van der Waals surface area contributed by atoms with Crippen molar-refractivity contribution in [3.63, 3.8) is 0 Å². The van der Waals surface area contributed by atoms with E-state index in [0.717, 1.165) is 5.56 Å². The second-order valence-electron chi connectivity index (χ2n) is 6.99. The first-order valence-corrected chi connectivity index (χ1v) is 11.2. The summed E-state index contributed by atoms with van der Waals surface area (Å²) in [5.74, 6) is 0.440. The van der Waals surface area contributed by atoms with E-state index >= 15 is 0 Å². The van der Waals surface area contributed by atoms with Crippen LogP contribution in [0.15, 0.2) is 71.4 Å². The van der Waals surface area contributed by atoms with E-state index in [1.807, 2.05) is 25.1 Å². The van der Waals surface area contributed by atoms with E-state index in [1.165, 1.54) is 0 Å². The van der Waals surface area contributed by atoms with Gasteiger partial charge in [0.15, 0.2) is 17.2 Å². The molecule has 0 N–H and O–H groups in total. The number of halogens is 3. The Morgan fingerprint density at radius 3 is 2.55 bits per heavy atom. The fourth-order valence-corrected chi connectivity index (χ4v) is 3.81. The Kier molecular flexibility index (Phi) is 7.23. The van der Waals surface area contributed by atoms with Gasteiger partial charge in [0, 0.05) is 21.2 Å². The standard InChI is InChI=1S/C25H18Cl3NO4/c1-2-31-22-12-15(10-20(28)23(22)32-14-17-6-3-4-9-19(17)27)11-21-25(30)33-24(29-21)16-7-5-8-18(26)13-16/h3-13H,2,14H2,1H3/b21-11+. The quantitative estimate of drug-likeness (QED) is 0.259.